The number of Topliss-reactive ketones (excluding diaryl/α,β-unsaturated/α-hetero) is 1. The maximum atomic E-state index is 12.1. The largest absolute Gasteiger partial charge is 0.460 e. The highest BCUT2D eigenvalue weighted by Crippen LogP contribution is 2.21. The molecule has 0 aliphatic carbocycles. The number of ether oxygens (including phenoxy) is 1. The van der Waals surface area contributed by atoms with E-state index >= 15 is 0 Å². The molecule has 0 unspecified atom stereocenters. The molecule has 0 aliphatic heterocycles. The number of aryl methyl sites for hydroxylation is 1. The maximum absolute atomic E-state index is 12.1. The van der Waals surface area contributed by atoms with Crippen molar-refractivity contribution in [1.29, 1.82) is 0 Å². The van der Waals surface area contributed by atoms with E-state index in [9.17, 15) is 14.4 Å². The molecule has 0 N–H and O–H groups in total. The summed E-state index contributed by atoms with van der Waals surface area (Å²) in [5.41, 5.74) is -0.0420. The number of fused-ring (bicyclic) bond motifs is 1. The molecular weight excluding hydrogens is 248 g/mol. The van der Waals surface area contributed by atoms with Gasteiger partial charge in [-0.25, -0.2) is 0 Å². The van der Waals surface area contributed by atoms with Crippen molar-refractivity contribution in [1.82, 2.24) is 0 Å². The number of carbonyl (C=O) groups is 2. The monoisotopic (exact) mass is 260 g/mol. The normalized spacial score (nSPS) is 10.5. The Morgan fingerprint density at radius 2 is 1.89 bits per heavy atom. The zero-order chi connectivity index (χ0) is 14.2. The van der Waals surface area contributed by atoms with E-state index in [2.05, 4.69) is 0 Å². The summed E-state index contributed by atoms with van der Waals surface area (Å²) < 4.78 is 10.4. The zero-order valence-corrected chi connectivity index (χ0v) is 10.8. The molecule has 0 saturated heterocycles. The number of hydrogen-bond acceptors (Lipinski definition) is 5. The molecule has 0 atom stereocenters. The summed E-state index contributed by atoms with van der Waals surface area (Å²) >= 11 is 0. The average molecular weight is 260 g/mol. The Kier molecular flexibility index (Phi) is 3.21. The first kappa shape index (κ1) is 13.0. The van der Waals surface area contributed by atoms with Crippen molar-refractivity contribution in [3.05, 3.63) is 39.7 Å². The average Bonchev–Trinajstić information content (AvgIpc) is 2.26. The molecule has 5 nitrogen and oxygen atoms in total. The summed E-state index contributed by atoms with van der Waals surface area (Å²) in [6.07, 6.45) is 0. The molecule has 1 aromatic heterocycles. The van der Waals surface area contributed by atoms with Gasteiger partial charge in [0, 0.05) is 13.0 Å². The fraction of sp³-hybridized carbons (Fsp3) is 0.214. The Balaban J connectivity index is 2.70. The predicted molar refractivity (Wildman–Crippen MR) is 68.5 cm³/mol. The van der Waals surface area contributed by atoms with Crippen molar-refractivity contribution < 1.29 is 18.7 Å². The van der Waals surface area contributed by atoms with Crippen LogP contribution in [0.25, 0.3) is 11.0 Å². The maximum Gasteiger partial charge on any atom is 0.308 e. The number of rotatable bonds is 2. The quantitative estimate of drug-likeness (QED) is 0.470. The molecule has 2 aromatic rings. The summed E-state index contributed by atoms with van der Waals surface area (Å²) in [5.74, 6) is -0.251. The minimum Gasteiger partial charge on any atom is -0.460 e. The molecule has 0 fully saturated rings. The van der Waals surface area contributed by atoms with Crippen molar-refractivity contribution in [3.8, 4) is 5.75 Å². The van der Waals surface area contributed by atoms with Crippen LogP contribution in [0.4, 0.5) is 0 Å². The molecule has 98 valence electrons. The first-order chi connectivity index (χ1) is 8.90. The second kappa shape index (κ2) is 4.68. The second-order valence-electron chi connectivity index (χ2n) is 4.17. The molecule has 5 heteroatoms. The molecule has 19 heavy (non-hydrogen) atoms. The van der Waals surface area contributed by atoms with Gasteiger partial charge in [-0.2, -0.15) is 0 Å². The summed E-state index contributed by atoms with van der Waals surface area (Å²) in [6.45, 7) is 4.15. The van der Waals surface area contributed by atoms with Crippen LogP contribution in [-0.4, -0.2) is 11.8 Å². The van der Waals surface area contributed by atoms with Crippen molar-refractivity contribution >= 4 is 22.7 Å². The Hall–Kier alpha value is -2.43. The summed E-state index contributed by atoms with van der Waals surface area (Å²) in [4.78, 5) is 34.4. The van der Waals surface area contributed by atoms with Crippen LogP contribution in [0.5, 0.6) is 5.75 Å². The standard InChI is InChI=1S/C14H12O5/c1-7(15)13-8(2)18-12-6-10(19-9(3)16)4-5-11(12)14(13)17/h4-6H,1-3H3. The van der Waals surface area contributed by atoms with Gasteiger partial charge in [0.25, 0.3) is 0 Å². The fourth-order valence-electron chi connectivity index (χ4n) is 1.92. The topological polar surface area (TPSA) is 73.6 Å². The fourth-order valence-corrected chi connectivity index (χ4v) is 1.92. The van der Waals surface area contributed by atoms with Crippen molar-refractivity contribution in [2.45, 2.75) is 20.8 Å². The van der Waals surface area contributed by atoms with E-state index in [0.29, 0.717) is 0 Å². The Morgan fingerprint density at radius 1 is 1.21 bits per heavy atom. The van der Waals surface area contributed by atoms with Crippen LogP contribution >= 0.6 is 0 Å². The lowest BCUT2D eigenvalue weighted by Gasteiger charge is -2.05. The summed E-state index contributed by atoms with van der Waals surface area (Å²) in [5, 5.41) is 0.284. The molecule has 0 spiro atoms. The minimum atomic E-state index is -0.459. The van der Waals surface area contributed by atoms with Crippen LogP contribution in [-0.2, 0) is 4.79 Å². The van der Waals surface area contributed by atoms with Gasteiger partial charge in [-0.05, 0) is 26.0 Å². The van der Waals surface area contributed by atoms with Gasteiger partial charge in [0.1, 0.15) is 22.7 Å². The summed E-state index contributed by atoms with van der Waals surface area (Å²) in [6, 6.07) is 4.42. The third-order valence-corrected chi connectivity index (χ3v) is 2.65. The van der Waals surface area contributed by atoms with Crippen LogP contribution in [0.1, 0.15) is 30.0 Å². The second-order valence-corrected chi connectivity index (χ2v) is 4.17. The van der Waals surface area contributed by atoms with E-state index in [0.717, 1.165) is 0 Å². The van der Waals surface area contributed by atoms with Gasteiger partial charge in [-0.1, -0.05) is 0 Å². The third kappa shape index (κ3) is 2.40. The number of hydrogen-bond donors (Lipinski definition) is 0. The van der Waals surface area contributed by atoms with Crippen LogP contribution in [0.15, 0.2) is 27.4 Å². The van der Waals surface area contributed by atoms with E-state index in [4.69, 9.17) is 9.15 Å². The lowest BCUT2D eigenvalue weighted by Crippen LogP contribution is -2.15. The van der Waals surface area contributed by atoms with E-state index in [1.54, 1.807) is 6.92 Å². The van der Waals surface area contributed by atoms with E-state index < -0.39 is 5.97 Å². The smallest absolute Gasteiger partial charge is 0.308 e. The Labute approximate surface area is 108 Å². The highest BCUT2D eigenvalue weighted by molar-refractivity contribution is 5.97. The van der Waals surface area contributed by atoms with Crippen molar-refractivity contribution in [2.75, 3.05) is 0 Å². The van der Waals surface area contributed by atoms with E-state index in [1.165, 1.54) is 32.0 Å². The molecular formula is C14H12O5. The van der Waals surface area contributed by atoms with E-state index in [-0.39, 0.29) is 39.3 Å². The minimum absolute atomic E-state index is 0.0488. The van der Waals surface area contributed by atoms with Crippen LogP contribution < -0.4 is 10.2 Å². The van der Waals surface area contributed by atoms with E-state index in [1.807, 2.05) is 0 Å². The SMILES string of the molecule is CC(=O)Oc1ccc2c(=O)c(C(C)=O)c(C)oc2c1. The number of benzene rings is 1. The van der Waals surface area contributed by atoms with Gasteiger partial charge < -0.3 is 9.15 Å². The third-order valence-electron chi connectivity index (χ3n) is 2.65. The lowest BCUT2D eigenvalue weighted by atomic mass is 10.1. The van der Waals surface area contributed by atoms with Gasteiger partial charge in [0.05, 0.1) is 5.39 Å². The van der Waals surface area contributed by atoms with Gasteiger partial charge in [-0.3, -0.25) is 14.4 Å². The molecule has 1 heterocycles. The molecule has 0 bridgehead atoms. The Morgan fingerprint density at radius 3 is 2.47 bits per heavy atom. The summed E-state index contributed by atoms with van der Waals surface area (Å²) in [7, 11) is 0. The molecule has 1 aromatic carbocycles. The first-order valence-electron chi connectivity index (χ1n) is 5.67. The molecule has 0 amide bonds. The zero-order valence-electron chi connectivity index (χ0n) is 10.8. The van der Waals surface area contributed by atoms with Crippen LogP contribution in [0, 0.1) is 6.92 Å². The molecule has 0 aliphatic rings. The highest BCUT2D eigenvalue weighted by atomic mass is 16.5. The van der Waals surface area contributed by atoms with Crippen LogP contribution in [0.3, 0.4) is 0 Å². The predicted octanol–water partition coefficient (Wildman–Crippen LogP) is 2.23. The molecule has 2 rings (SSSR count). The number of carbonyl (C=O) groups excluding carboxylic acids is 2. The van der Waals surface area contributed by atoms with Crippen molar-refractivity contribution in [3.63, 3.8) is 0 Å². The van der Waals surface area contributed by atoms with Gasteiger partial charge in [0.2, 0.25) is 5.43 Å². The Bertz CT molecular complexity index is 739. The lowest BCUT2D eigenvalue weighted by molar-refractivity contribution is -0.131. The van der Waals surface area contributed by atoms with Gasteiger partial charge in [-0.15, -0.1) is 0 Å². The van der Waals surface area contributed by atoms with Gasteiger partial charge in [0.15, 0.2) is 5.78 Å². The van der Waals surface area contributed by atoms with Gasteiger partial charge >= 0.3 is 5.97 Å². The molecule has 0 radical (unpaired) electrons. The number of ketones is 1. The van der Waals surface area contributed by atoms with Crippen LogP contribution in [0.2, 0.25) is 0 Å². The molecule has 0 saturated carbocycles. The highest BCUT2D eigenvalue weighted by Gasteiger charge is 2.15. The van der Waals surface area contributed by atoms with Crippen molar-refractivity contribution in [2.24, 2.45) is 0 Å². The first-order valence-corrected chi connectivity index (χ1v) is 5.67. The number of esters is 1.